The van der Waals surface area contributed by atoms with Crippen molar-refractivity contribution in [2.75, 3.05) is 11.9 Å². The summed E-state index contributed by atoms with van der Waals surface area (Å²) in [5.74, 6) is 0. The fraction of sp³-hybridized carbons (Fsp3) is 0.611. The van der Waals surface area contributed by atoms with E-state index in [1.807, 2.05) is 45.0 Å². The third kappa shape index (κ3) is 6.59. The first-order valence-electron chi connectivity index (χ1n) is 8.26. The van der Waals surface area contributed by atoms with E-state index in [2.05, 4.69) is 17.6 Å². The monoisotopic (exact) mass is 320 g/mol. The van der Waals surface area contributed by atoms with Crippen molar-refractivity contribution in [3.05, 3.63) is 29.8 Å². The Bertz CT molecular complexity index is 508. The summed E-state index contributed by atoms with van der Waals surface area (Å²) in [7, 11) is 0. The van der Waals surface area contributed by atoms with Crippen LogP contribution < -0.4 is 10.6 Å². The zero-order chi connectivity index (χ0) is 16.9. The maximum Gasteiger partial charge on any atom is 0.412 e. The van der Waals surface area contributed by atoms with Crippen LogP contribution in [0, 0.1) is 0 Å². The zero-order valence-electron chi connectivity index (χ0n) is 14.5. The van der Waals surface area contributed by atoms with E-state index in [1.165, 1.54) is 5.56 Å². The van der Waals surface area contributed by atoms with E-state index < -0.39 is 11.7 Å². The molecule has 1 aliphatic rings. The number of benzene rings is 1. The Balaban J connectivity index is 1.79. The lowest BCUT2D eigenvalue weighted by molar-refractivity contribution is 0.0130. The van der Waals surface area contributed by atoms with Crippen LogP contribution in [-0.2, 0) is 16.0 Å². The molecule has 1 saturated heterocycles. The highest BCUT2D eigenvalue weighted by molar-refractivity contribution is 5.84. The lowest BCUT2D eigenvalue weighted by atomic mass is 10.0. The second kappa shape index (κ2) is 7.79. The van der Waals surface area contributed by atoms with Crippen LogP contribution in [-0.4, -0.2) is 30.4 Å². The van der Waals surface area contributed by atoms with E-state index in [9.17, 15) is 4.79 Å². The number of anilines is 1. The summed E-state index contributed by atoms with van der Waals surface area (Å²) >= 11 is 0. The zero-order valence-corrected chi connectivity index (χ0v) is 14.5. The quantitative estimate of drug-likeness (QED) is 0.888. The van der Waals surface area contributed by atoms with Gasteiger partial charge in [-0.25, -0.2) is 4.79 Å². The molecular weight excluding hydrogens is 292 g/mol. The highest BCUT2D eigenvalue weighted by Gasteiger charge is 2.18. The standard InChI is InChI=1S/C18H28N2O3/c1-13-11-16(9-10-22-13)19-12-14-5-7-15(8-6-14)20-17(21)23-18(2,3)4/h5-8,13,16,19H,9-12H2,1-4H3,(H,20,21). The lowest BCUT2D eigenvalue weighted by Crippen LogP contribution is -2.37. The maximum absolute atomic E-state index is 11.7. The van der Waals surface area contributed by atoms with E-state index in [1.54, 1.807) is 0 Å². The number of ether oxygens (including phenoxy) is 2. The van der Waals surface area contributed by atoms with Crippen molar-refractivity contribution >= 4 is 11.8 Å². The fourth-order valence-electron chi connectivity index (χ4n) is 2.57. The van der Waals surface area contributed by atoms with Crippen molar-refractivity contribution in [2.45, 2.75) is 64.8 Å². The molecule has 1 aromatic rings. The van der Waals surface area contributed by atoms with E-state index >= 15 is 0 Å². The molecule has 128 valence electrons. The molecule has 2 atom stereocenters. The van der Waals surface area contributed by atoms with Gasteiger partial charge in [0.2, 0.25) is 0 Å². The van der Waals surface area contributed by atoms with E-state index in [-0.39, 0.29) is 0 Å². The van der Waals surface area contributed by atoms with Crippen molar-refractivity contribution in [3.8, 4) is 0 Å². The Labute approximate surface area is 138 Å². The average Bonchev–Trinajstić information content (AvgIpc) is 2.44. The Morgan fingerprint density at radius 1 is 1.30 bits per heavy atom. The Morgan fingerprint density at radius 2 is 2.00 bits per heavy atom. The molecule has 2 unspecified atom stereocenters. The highest BCUT2D eigenvalue weighted by Crippen LogP contribution is 2.15. The van der Waals surface area contributed by atoms with E-state index in [0.29, 0.717) is 12.1 Å². The lowest BCUT2D eigenvalue weighted by Gasteiger charge is -2.28. The number of rotatable bonds is 4. The SMILES string of the molecule is CC1CC(NCc2ccc(NC(=O)OC(C)(C)C)cc2)CCO1. The molecule has 0 aromatic heterocycles. The number of nitrogens with one attached hydrogen (secondary N) is 2. The number of amides is 1. The molecule has 2 rings (SSSR count). The van der Waals surface area contributed by atoms with E-state index in [0.717, 1.165) is 31.7 Å². The summed E-state index contributed by atoms with van der Waals surface area (Å²) < 4.78 is 10.8. The van der Waals surface area contributed by atoms with Crippen LogP contribution >= 0.6 is 0 Å². The number of carbonyl (C=O) groups excluding carboxylic acids is 1. The largest absolute Gasteiger partial charge is 0.444 e. The van der Waals surface area contributed by atoms with Crippen LogP contribution in [0.1, 0.15) is 46.1 Å². The van der Waals surface area contributed by atoms with Gasteiger partial charge >= 0.3 is 6.09 Å². The van der Waals surface area contributed by atoms with Gasteiger partial charge in [0.25, 0.3) is 0 Å². The second-order valence-electron chi connectivity index (χ2n) is 7.11. The summed E-state index contributed by atoms with van der Waals surface area (Å²) in [5.41, 5.74) is 1.44. The highest BCUT2D eigenvalue weighted by atomic mass is 16.6. The average molecular weight is 320 g/mol. The molecule has 0 saturated carbocycles. The van der Waals surface area contributed by atoms with Gasteiger partial charge in [0.05, 0.1) is 6.10 Å². The van der Waals surface area contributed by atoms with Crippen molar-refractivity contribution in [3.63, 3.8) is 0 Å². The van der Waals surface area contributed by atoms with Gasteiger partial charge in [-0.05, 0) is 58.2 Å². The minimum absolute atomic E-state index is 0.335. The third-order valence-electron chi connectivity index (χ3n) is 3.68. The molecule has 0 aliphatic carbocycles. The van der Waals surface area contributed by atoms with Crippen molar-refractivity contribution < 1.29 is 14.3 Å². The topological polar surface area (TPSA) is 59.6 Å². The second-order valence-corrected chi connectivity index (χ2v) is 7.11. The molecule has 0 radical (unpaired) electrons. The summed E-state index contributed by atoms with van der Waals surface area (Å²) in [6.07, 6.45) is 2.02. The Kier molecular flexibility index (Phi) is 6.02. The summed E-state index contributed by atoms with van der Waals surface area (Å²) in [6, 6.07) is 8.34. The molecule has 1 heterocycles. The Morgan fingerprint density at radius 3 is 2.61 bits per heavy atom. The van der Waals surface area contributed by atoms with Gasteiger partial charge in [-0.1, -0.05) is 12.1 Å². The molecule has 1 fully saturated rings. The smallest absolute Gasteiger partial charge is 0.412 e. The normalized spacial score (nSPS) is 21.7. The number of hydrogen-bond donors (Lipinski definition) is 2. The van der Waals surface area contributed by atoms with Crippen LogP contribution in [0.2, 0.25) is 0 Å². The molecule has 5 heteroatoms. The van der Waals surface area contributed by atoms with Crippen LogP contribution in [0.25, 0.3) is 0 Å². The van der Waals surface area contributed by atoms with Crippen LogP contribution in [0.4, 0.5) is 10.5 Å². The van der Waals surface area contributed by atoms with Gasteiger partial charge in [0.15, 0.2) is 0 Å². The van der Waals surface area contributed by atoms with Gasteiger partial charge in [-0.15, -0.1) is 0 Å². The summed E-state index contributed by atoms with van der Waals surface area (Å²) in [5, 5.41) is 6.31. The first kappa shape index (κ1) is 17.8. The number of hydrogen-bond acceptors (Lipinski definition) is 4. The molecule has 0 bridgehead atoms. The van der Waals surface area contributed by atoms with Crippen molar-refractivity contribution in [1.82, 2.24) is 5.32 Å². The molecule has 1 aliphatic heterocycles. The van der Waals surface area contributed by atoms with Crippen molar-refractivity contribution in [2.24, 2.45) is 0 Å². The molecular formula is C18H28N2O3. The first-order chi connectivity index (χ1) is 10.8. The van der Waals surface area contributed by atoms with Crippen LogP contribution in [0.15, 0.2) is 24.3 Å². The van der Waals surface area contributed by atoms with Gasteiger partial charge in [0, 0.05) is 24.9 Å². The van der Waals surface area contributed by atoms with Crippen molar-refractivity contribution in [1.29, 1.82) is 0 Å². The van der Waals surface area contributed by atoms with Gasteiger partial charge in [-0.3, -0.25) is 5.32 Å². The summed E-state index contributed by atoms with van der Waals surface area (Å²) in [4.78, 5) is 11.7. The van der Waals surface area contributed by atoms with Crippen LogP contribution in [0.5, 0.6) is 0 Å². The summed E-state index contributed by atoms with van der Waals surface area (Å²) in [6.45, 7) is 9.31. The minimum atomic E-state index is -0.491. The van der Waals surface area contributed by atoms with Gasteiger partial charge in [0.1, 0.15) is 5.60 Å². The first-order valence-corrected chi connectivity index (χ1v) is 8.26. The number of carbonyl (C=O) groups is 1. The molecule has 5 nitrogen and oxygen atoms in total. The third-order valence-corrected chi connectivity index (χ3v) is 3.68. The molecule has 23 heavy (non-hydrogen) atoms. The predicted molar refractivity (Wildman–Crippen MR) is 91.6 cm³/mol. The molecule has 0 spiro atoms. The van der Waals surface area contributed by atoms with Crippen LogP contribution in [0.3, 0.4) is 0 Å². The fourth-order valence-corrected chi connectivity index (χ4v) is 2.57. The Hall–Kier alpha value is -1.59. The minimum Gasteiger partial charge on any atom is -0.444 e. The predicted octanol–water partition coefficient (Wildman–Crippen LogP) is 3.69. The van der Waals surface area contributed by atoms with Gasteiger partial charge in [-0.2, -0.15) is 0 Å². The van der Waals surface area contributed by atoms with Gasteiger partial charge < -0.3 is 14.8 Å². The molecule has 1 amide bonds. The molecule has 2 N–H and O–H groups in total. The molecule has 1 aromatic carbocycles. The van der Waals surface area contributed by atoms with E-state index in [4.69, 9.17) is 9.47 Å². The maximum atomic E-state index is 11.7.